The van der Waals surface area contributed by atoms with E-state index in [1.807, 2.05) is 6.20 Å². The predicted molar refractivity (Wildman–Crippen MR) is 81.9 cm³/mol. The van der Waals surface area contributed by atoms with Crippen LogP contribution in [0, 0.1) is 12.8 Å². The quantitative estimate of drug-likeness (QED) is 0.896. The first-order valence-corrected chi connectivity index (χ1v) is 8.07. The predicted octanol–water partition coefficient (Wildman–Crippen LogP) is 2.66. The third-order valence-electron chi connectivity index (χ3n) is 4.61. The Morgan fingerprint density at radius 3 is 2.90 bits per heavy atom. The highest BCUT2D eigenvalue weighted by Gasteiger charge is 2.22. The monoisotopic (exact) mass is 274 g/mol. The lowest BCUT2D eigenvalue weighted by Crippen LogP contribution is -2.36. The number of hydrogen-bond donors (Lipinski definition) is 1. The molecule has 4 heteroatoms. The largest absolute Gasteiger partial charge is 0.341 e. The van der Waals surface area contributed by atoms with Gasteiger partial charge in [0.1, 0.15) is 0 Å². The zero-order valence-electron chi connectivity index (χ0n) is 12.7. The summed E-state index contributed by atoms with van der Waals surface area (Å²) < 4.78 is 0. The van der Waals surface area contributed by atoms with Crippen LogP contribution in [-0.4, -0.2) is 29.1 Å². The van der Waals surface area contributed by atoms with Crippen molar-refractivity contribution in [2.45, 2.75) is 58.5 Å². The summed E-state index contributed by atoms with van der Waals surface area (Å²) >= 11 is 0. The molecule has 0 amide bonds. The Morgan fingerprint density at radius 1 is 1.35 bits per heavy atom. The number of nitrogens with zero attached hydrogens (tertiary/aromatic N) is 3. The van der Waals surface area contributed by atoms with Crippen molar-refractivity contribution in [3.8, 4) is 0 Å². The highest BCUT2D eigenvalue weighted by molar-refractivity contribution is 5.33. The molecule has 0 radical (unpaired) electrons. The van der Waals surface area contributed by atoms with Crippen LogP contribution in [0.1, 0.15) is 50.3 Å². The standard InChI is InChI=1S/C16H26N4/c1-3-13-5-4-8-20(11-13)16-18-10-14(12(2)19-16)9-17-15-6-7-15/h10,13,15,17H,3-9,11H2,1-2H3. The van der Waals surface area contributed by atoms with Gasteiger partial charge in [0.2, 0.25) is 5.95 Å². The van der Waals surface area contributed by atoms with E-state index >= 15 is 0 Å². The Balaban J connectivity index is 1.65. The van der Waals surface area contributed by atoms with Crippen LogP contribution in [0.5, 0.6) is 0 Å². The molecule has 4 nitrogen and oxygen atoms in total. The first-order valence-electron chi connectivity index (χ1n) is 8.07. The molecule has 0 aromatic carbocycles. The van der Waals surface area contributed by atoms with Crippen LogP contribution in [0.15, 0.2) is 6.20 Å². The van der Waals surface area contributed by atoms with Crippen molar-refractivity contribution < 1.29 is 0 Å². The van der Waals surface area contributed by atoms with E-state index in [1.165, 1.54) is 37.7 Å². The molecule has 0 spiro atoms. The molecule has 1 saturated heterocycles. The molecule has 2 fully saturated rings. The third-order valence-corrected chi connectivity index (χ3v) is 4.61. The summed E-state index contributed by atoms with van der Waals surface area (Å²) in [4.78, 5) is 11.7. The van der Waals surface area contributed by atoms with Gasteiger partial charge in [-0.25, -0.2) is 9.97 Å². The van der Waals surface area contributed by atoms with E-state index < -0.39 is 0 Å². The van der Waals surface area contributed by atoms with E-state index in [0.717, 1.165) is 43.2 Å². The van der Waals surface area contributed by atoms with Crippen LogP contribution < -0.4 is 10.2 Å². The van der Waals surface area contributed by atoms with Crippen LogP contribution in [0.2, 0.25) is 0 Å². The fourth-order valence-electron chi connectivity index (χ4n) is 2.93. The van der Waals surface area contributed by atoms with Gasteiger partial charge in [-0.3, -0.25) is 0 Å². The molecule has 0 bridgehead atoms. The smallest absolute Gasteiger partial charge is 0.225 e. The van der Waals surface area contributed by atoms with Gasteiger partial charge < -0.3 is 10.2 Å². The van der Waals surface area contributed by atoms with E-state index in [2.05, 4.69) is 29.0 Å². The van der Waals surface area contributed by atoms with E-state index in [9.17, 15) is 0 Å². The molecule has 1 aliphatic carbocycles. The minimum atomic E-state index is 0.737. The van der Waals surface area contributed by atoms with E-state index in [4.69, 9.17) is 4.98 Å². The maximum atomic E-state index is 4.74. The number of aryl methyl sites for hydroxylation is 1. The van der Waals surface area contributed by atoms with E-state index in [0.29, 0.717) is 0 Å². The zero-order valence-corrected chi connectivity index (χ0v) is 12.7. The molecule has 3 rings (SSSR count). The molecule has 1 saturated carbocycles. The summed E-state index contributed by atoms with van der Waals surface area (Å²) in [6, 6.07) is 0.737. The second-order valence-corrected chi connectivity index (χ2v) is 6.30. The van der Waals surface area contributed by atoms with Gasteiger partial charge in [-0.05, 0) is 38.5 Å². The van der Waals surface area contributed by atoms with Crippen molar-refractivity contribution in [1.29, 1.82) is 0 Å². The van der Waals surface area contributed by atoms with Gasteiger partial charge in [-0.15, -0.1) is 0 Å². The highest BCUT2D eigenvalue weighted by Crippen LogP contribution is 2.23. The first-order chi connectivity index (χ1) is 9.76. The Kier molecular flexibility index (Phi) is 4.20. The molecule has 1 aliphatic heterocycles. The summed E-state index contributed by atoms with van der Waals surface area (Å²) in [5.74, 6) is 1.74. The number of nitrogens with one attached hydrogen (secondary N) is 1. The molecule has 110 valence electrons. The van der Waals surface area contributed by atoms with Crippen LogP contribution in [0.3, 0.4) is 0 Å². The topological polar surface area (TPSA) is 41.1 Å². The molecule has 1 aromatic heterocycles. The van der Waals surface area contributed by atoms with Gasteiger partial charge in [0.15, 0.2) is 0 Å². The zero-order chi connectivity index (χ0) is 13.9. The molecule has 2 heterocycles. The molecular weight excluding hydrogens is 248 g/mol. The minimum absolute atomic E-state index is 0.737. The second-order valence-electron chi connectivity index (χ2n) is 6.30. The summed E-state index contributed by atoms with van der Waals surface area (Å²) in [5.41, 5.74) is 2.37. The lowest BCUT2D eigenvalue weighted by atomic mass is 9.96. The number of anilines is 1. The second kappa shape index (κ2) is 6.08. The number of piperidine rings is 1. The molecule has 20 heavy (non-hydrogen) atoms. The SMILES string of the molecule is CCC1CCCN(c2ncc(CNC3CC3)c(C)n2)C1. The Labute approximate surface area is 122 Å². The molecular formula is C16H26N4. The lowest BCUT2D eigenvalue weighted by molar-refractivity contribution is 0.401. The average Bonchev–Trinajstić information content (AvgIpc) is 3.30. The number of rotatable bonds is 5. The molecule has 1 aromatic rings. The third kappa shape index (κ3) is 3.29. The maximum absolute atomic E-state index is 4.74. The average molecular weight is 274 g/mol. The minimum Gasteiger partial charge on any atom is -0.341 e. The Bertz CT molecular complexity index is 456. The molecule has 1 N–H and O–H groups in total. The van der Waals surface area contributed by atoms with Gasteiger partial charge in [-0.2, -0.15) is 0 Å². The molecule has 1 unspecified atom stereocenters. The van der Waals surface area contributed by atoms with E-state index in [-0.39, 0.29) is 0 Å². The van der Waals surface area contributed by atoms with Crippen LogP contribution in [0.4, 0.5) is 5.95 Å². The van der Waals surface area contributed by atoms with Crippen molar-refractivity contribution in [3.05, 3.63) is 17.5 Å². The summed E-state index contributed by atoms with van der Waals surface area (Å²) in [6.45, 7) is 7.53. The number of aromatic nitrogens is 2. The summed E-state index contributed by atoms with van der Waals surface area (Å²) in [5, 5.41) is 3.54. The van der Waals surface area contributed by atoms with Crippen molar-refractivity contribution in [1.82, 2.24) is 15.3 Å². The van der Waals surface area contributed by atoms with Gasteiger partial charge in [0.05, 0.1) is 0 Å². The van der Waals surface area contributed by atoms with Crippen LogP contribution >= 0.6 is 0 Å². The van der Waals surface area contributed by atoms with Crippen LogP contribution in [-0.2, 0) is 6.54 Å². The Hall–Kier alpha value is -1.16. The van der Waals surface area contributed by atoms with Crippen molar-refractivity contribution >= 4 is 5.95 Å². The van der Waals surface area contributed by atoms with Crippen molar-refractivity contribution in [2.75, 3.05) is 18.0 Å². The van der Waals surface area contributed by atoms with Crippen molar-refractivity contribution in [3.63, 3.8) is 0 Å². The fourth-order valence-corrected chi connectivity index (χ4v) is 2.93. The van der Waals surface area contributed by atoms with Crippen LogP contribution in [0.25, 0.3) is 0 Å². The Morgan fingerprint density at radius 2 is 2.20 bits per heavy atom. The summed E-state index contributed by atoms with van der Waals surface area (Å²) in [6.07, 6.45) is 8.55. The summed E-state index contributed by atoms with van der Waals surface area (Å²) in [7, 11) is 0. The number of hydrogen-bond acceptors (Lipinski definition) is 4. The van der Waals surface area contributed by atoms with Gasteiger partial charge in [0.25, 0.3) is 0 Å². The normalized spacial score (nSPS) is 23.1. The molecule has 2 aliphatic rings. The van der Waals surface area contributed by atoms with Crippen molar-refractivity contribution in [2.24, 2.45) is 5.92 Å². The fraction of sp³-hybridized carbons (Fsp3) is 0.750. The van der Waals surface area contributed by atoms with Gasteiger partial charge >= 0.3 is 0 Å². The lowest BCUT2D eigenvalue weighted by Gasteiger charge is -2.32. The van der Waals surface area contributed by atoms with Gasteiger partial charge in [-0.1, -0.05) is 13.3 Å². The highest BCUT2D eigenvalue weighted by atomic mass is 15.3. The maximum Gasteiger partial charge on any atom is 0.225 e. The van der Waals surface area contributed by atoms with E-state index in [1.54, 1.807) is 0 Å². The van der Waals surface area contributed by atoms with Gasteiger partial charge in [0, 0.05) is 43.1 Å². The first kappa shape index (κ1) is 13.8. The molecule has 1 atom stereocenters.